The fraction of sp³-hybridized carbons (Fsp3) is 0.640. The maximum atomic E-state index is 11.8. The number of anilines is 1. The number of halogens is 1. The van der Waals surface area contributed by atoms with E-state index >= 15 is 0 Å². The van der Waals surface area contributed by atoms with E-state index in [0.29, 0.717) is 35.7 Å². The fourth-order valence-corrected chi connectivity index (χ4v) is 4.45. The monoisotopic (exact) mass is 536 g/mol. The van der Waals surface area contributed by atoms with Gasteiger partial charge in [0.25, 0.3) is 0 Å². The molecule has 204 valence electrons. The Morgan fingerprint density at radius 1 is 1.38 bits per heavy atom. The highest BCUT2D eigenvalue weighted by Crippen LogP contribution is 2.36. The molecule has 0 amide bonds. The molecule has 2 aliphatic rings. The highest BCUT2D eigenvalue weighted by molar-refractivity contribution is 6.28. The number of nitrogens with one attached hydrogen (secondary N) is 1. The fourth-order valence-electron chi connectivity index (χ4n) is 4.28. The molecule has 4 atom stereocenters. The van der Waals surface area contributed by atoms with E-state index in [1.807, 2.05) is 13.8 Å². The molecule has 12 heteroatoms. The Morgan fingerprint density at radius 2 is 2.08 bits per heavy atom. The van der Waals surface area contributed by atoms with Crippen molar-refractivity contribution in [3.63, 3.8) is 0 Å². The number of nitrogens with zero attached hydrogens (tertiary/aromatic N) is 4. The number of esters is 1. The van der Waals surface area contributed by atoms with E-state index in [1.165, 1.54) is 19.9 Å². The number of fused-ring (bicyclic) bond motifs is 1. The number of carbonyl (C=O) groups is 2. The Kier molecular flexibility index (Phi) is 12.7. The van der Waals surface area contributed by atoms with Crippen LogP contribution in [0.3, 0.4) is 0 Å². The molecule has 1 saturated heterocycles. The molecule has 2 fully saturated rings. The van der Waals surface area contributed by atoms with Gasteiger partial charge in [0.05, 0.1) is 31.6 Å². The predicted molar refractivity (Wildman–Crippen MR) is 141 cm³/mol. The molecule has 0 bridgehead atoms. The van der Waals surface area contributed by atoms with Gasteiger partial charge in [-0.25, -0.2) is 9.78 Å². The lowest BCUT2D eigenvalue weighted by Gasteiger charge is -2.18. The molecule has 2 aromatic heterocycles. The van der Waals surface area contributed by atoms with E-state index in [1.54, 1.807) is 17.8 Å². The zero-order valence-corrected chi connectivity index (χ0v) is 22.6. The first-order chi connectivity index (χ1) is 18.0. The van der Waals surface area contributed by atoms with E-state index < -0.39 is 24.4 Å². The van der Waals surface area contributed by atoms with Gasteiger partial charge < -0.3 is 25.3 Å². The van der Waals surface area contributed by atoms with E-state index in [-0.39, 0.29) is 24.4 Å². The quantitative estimate of drug-likeness (QED) is 0.161. The Bertz CT molecular complexity index is 1050. The molecular formula is C25H37ClN6O5. The van der Waals surface area contributed by atoms with Gasteiger partial charge in [-0.15, -0.1) is 12.3 Å². The number of ether oxygens (including phenoxy) is 3. The van der Waals surface area contributed by atoms with Gasteiger partial charge in [-0.05, 0) is 38.4 Å². The van der Waals surface area contributed by atoms with Gasteiger partial charge in [0, 0.05) is 12.5 Å². The summed E-state index contributed by atoms with van der Waals surface area (Å²) in [4.78, 5) is 36.2. The lowest BCUT2D eigenvalue weighted by molar-refractivity contribution is -0.161. The SMILES string of the molecule is C#CC1CC(n2cnc3c(NC4CCCC4)nc(Cl)nc32)OC1COC(C=O)C(=O)OCC.CC.CN. The van der Waals surface area contributed by atoms with Crippen molar-refractivity contribution in [2.24, 2.45) is 11.7 Å². The van der Waals surface area contributed by atoms with Crippen LogP contribution in [0.2, 0.25) is 5.28 Å². The van der Waals surface area contributed by atoms with Gasteiger partial charge >= 0.3 is 5.97 Å². The number of aromatic nitrogens is 4. The molecule has 37 heavy (non-hydrogen) atoms. The van der Waals surface area contributed by atoms with Crippen molar-refractivity contribution in [3.8, 4) is 12.3 Å². The highest BCUT2D eigenvalue weighted by atomic mass is 35.5. The molecule has 0 radical (unpaired) electrons. The first kappa shape index (κ1) is 30.4. The molecule has 3 N–H and O–H groups in total. The van der Waals surface area contributed by atoms with Gasteiger partial charge in [-0.3, -0.25) is 9.36 Å². The van der Waals surface area contributed by atoms with Crippen LogP contribution in [0.4, 0.5) is 5.82 Å². The van der Waals surface area contributed by atoms with Crippen LogP contribution in [-0.2, 0) is 23.8 Å². The lowest BCUT2D eigenvalue weighted by atomic mass is 10.0. The van der Waals surface area contributed by atoms with Gasteiger partial charge in [0.2, 0.25) is 11.4 Å². The summed E-state index contributed by atoms with van der Waals surface area (Å²) in [6.45, 7) is 5.76. The van der Waals surface area contributed by atoms with Crippen LogP contribution in [0.25, 0.3) is 11.2 Å². The van der Waals surface area contributed by atoms with Crippen LogP contribution >= 0.6 is 11.6 Å². The number of aldehydes is 1. The molecule has 4 rings (SSSR count). The molecule has 4 unspecified atom stereocenters. The topological polar surface area (TPSA) is 143 Å². The molecule has 3 heterocycles. The van der Waals surface area contributed by atoms with Crippen molar-refractivity contribution in [2.75, 3.05) is 25.6 Å². The van der Waals surface area contributed by atoms with Crippen molar-refractivity contribution in [1.29, 1.82) is 0 Å². The molecular weight excluding hydrogens is 500 g/mol. The van der Waals surface area contributed by atoms with Gasteiger partial charge in [-0.1, -0.05) is 26.7 Å². The molecule has 1 saturated carbocycles. The number of carbonyl (C=O) groups excluding carboxylic acids is 2. The number of imidazole rings is 1. The smallest absolute Gasteiger partial charge is 0.342 e. The number of hydrogen-bond donors (Lipinski definition) is 2. The van der Waals surface area contributed by atoms with Crippen molar-refractivity contribution < 1.29 is 23.8 Å². The second-order valence-corrected chi connectivity index (χ2v) is 8.41. The summed E-state index contributed by atoms with van der Waals surface area (Å²) in [6, 6.07) is 0.338. The average Bonchev–Trinajstić information content (AvgIpc) is 3.67. The number of rotatable bonds is 9. The molecule has 2 aromatic rings. The third kappa shape index (κ3) is 7.61. The van der Waals surface area contributed by atoms with Crippen molar-refractivity contribution in [2.45, 2.75) is 77.4 Å². The zero-order valence-electron chi connectivity index (χ0n) is 21.9. The maximum absolute atomic E-state index is 11.8. The Balaban J connectivity index is 0.00000115. The third-order valence-electron chi connectivity index (χ3n) is 5.93. The standard InChI is InChI=1S/C22H26ClN5O5.C2H6.CH5N/c1-3-13-9-17(33-16(13)11-32-15(10-29)21(30)31-4-2)28-12-24-18-19(25-14-7-5-6-8-14)26-22(23)27-20(18)28;2*1-2/h1,10,12-17H,4-9,11H2,2H3,(H,25,26,27);1-2H3;2H2,1H3. The van der Waals surface area contributed by atoms with Gasteiger partial charge in [0.15, 0.2) is 23.3 Å². The number of terminal acetylenes is 1. The highest BCUT2D eigenvalue weighted by Gasteiger charge is 2.37. The van der Waals surface area contributed by atoms with E-state index in [9.17, 15) is 9.59 Å². The summed E-state index contributed by atoms with van der Waals surface area (Å²) in [5.74, 6) is 2.27. The van der Waals surface area contributed by atoms with Crippen molar-refractivity contribution >= 4 is 40.8 Å². The lowest BCUT2D eigenvalue weighted by Crippen LogP contribution is -2.32. The van der Waals surface area contributed by atoms with Crippen molar-refractivity contribution in [3.05, 3.63) is 11.6 Å². The Labute approximate surface area is 222 Å². The molecule has 0 aromatic carbocycles. The first-order valence-electron chi connectivity index (χ1n) is 12.6. The predicted octanol–water partition coefficient (Wildman–Crippen LogP) is 3.12. The summed E-state index contributed by atoms with van der Waals surface area (Å²) >= 11 is 6.21. The minimum absolute atomic E-state index is 0.0373. The van der Waals surface area contributed by atoms with Crippen LogP contribution < -0.4 is 11.1 Å². The van der Waals surface area contributed by atoms with Crippen LogP contribution in [0, 0.1) is 18.3 Å². The summed E-state index contributed by atoms with van der Waals surface area (Å²) in [6.07, 6.45) is 10.4. The Morgan fingerprint density at radius 3 is 2.70 bits per heavy atom. The van der Waals surface area contributed by atoms with Crippen LogP contribution in [0.15, 0.2) is 6.33 Å². The Hall–Kier alpha value is -2.78. The summed E-state index contributed by atoms with van der Waals surface area (Å²) in [5, 5.41) is 3.55. The second-order valence-electron chi connectivity index (χ2n) is 8.07. The van der Waals surface area contributed by atoms with Crippen LogP contribution in [-0.4, -0.2) is 70.3 Å². The summed E-state index contributed by atoms with van der Waals surface area (Å²) in [7, 11) is 1.50. The van der Waals surface area contributed by atoms with E-state index in [2.05, 4.69) is 31.9 Å². The van der Waals surface area contributed by atoms with Gasteiger partial charge in [-0.2, -0.15) is 9.97 Å². The zero-order chi connectivity index (χ0) is 27.4. The second kappa shape index (κ2) is 15.5. The maximum Gasteiger partial charge on any atom is 0.342 e. The third-order valence-corrected chi connectivity index (χ3v) is 6.10. The summed E-state index contributed by atoms with van der Waals surface area (Å²) < 4.78 is 18.2. The minimum Gasteiger partial charge on any atom is -0.464 e. The number of hydrogen-bond acceptors (Lipinski definition) is 10. The van der Waals surface area contributed by atoms with E-state index in [4.69, 9.17) is 32.2 Å². The molecule has 1 aliphatic carbocycles. The van der Waals surface area contributed by atoms with E-state index in [0.717, 1.165) is 12.8 Å². The van der Waals surface area contributed by atoms with Crippen LogP contribution in [0.1, 0.15) is 59.1 Å². The molecule has 1 aliphatic heterocycles. The first-order valence-corrected chi connectivity index (χ1v) is 13.0. The largest absolute Gasteiger partial charge is 0.464 e. The van der Waals surface area contributed by atoms with Gasteiger partial charge in [0.1, 0.15) is 6.23 Å². The number of nitrogens with two attached hydrogens (primary N) is 1. The van der Waals surface area contributed by atoms with Crippen LogP contribution in [0.5, 0.6) is 0 Å². The van der Waals surface area contributed by atoms with Crippen molar-refractivity contribution in [1.82, 2.24) is 19.5 Å². The molecule has 11 nitrogen and oxygen atoms in total. The normalized spacial score (nSPS) is 21.7. The minimum atomic E-state index is -1.32. The molecule has 0 spiro atoms. The average molecular weight is 537 g/mol. The summed E-state index contributed by atoms with van der Waals surface area (Å²) in [5.41, 5.74) is 5.64.